The molecule has 3 rings (SSSR count). The van der Waals surface area contributed by atoms with Crippen LogP contribution >= 0.6 is 0 Å². The minimum atomic E-state index is -0.350. The molecule has 1 aliphatic rings. The Kier molecular flexibility index (Phi) is 4.09. The summed E-state index contributed by atoms with van der Waals surface area (Å²) < 4.78 is 5.44. The maximum Gasteiger partial charge on any atom is 0.231 e. The highest BCUT2D eigenvalue weighted by atomic mass is 16.5. The average Bonchev–Trinajstić information content (AvgIpc) is 2.88. The first-order chi connectivity index (χ1) is 11.1. The Bertz CT molecular complexity index is 755. The molecule has 2 atom stereocenters. The van der Waals surface area contributed by atoms with Crippen LogP contribution in [0.3, 0.4) is 0 Å². The van der Waals surface area contributed by atoms with Gasteiger partial charge < -0.3 is 15.8 Å². The highest BCUT2D eigenvalue weighted by Crippen LogP contribution is 2.41. The van der Waals surface area contributed by atoms with Crippen LogP contribution in [-0.4, -0.2) is 13.0 Å². The number of amides is 1. The van der Waals surface area contributed by atoms with Gasteiger partial charge >= 0.3 is 0 Å². The predicted molar refractivity (Wildman–Crippen MR) is 91.9 cm³/mol. The van der Waals surface area contributed by atoms with E-state index in [1.54, 1.807) is 7.11 Å². The summed E-state index contributed by atoms with van der Waals surface area (Å²) in [6, 6.07) is 11.6. The molecular weight excluding hydrogens is 288 g/mol. The standard InChI is InChI=1S/C19H22N2O2/c1-4-12-9-14-11(2)19(22)21-18(14)15(10-12)17(20)13-7-5-6-8-16(13)23-3/h5-11,17H,4,20H2,1-3H3,(H,21,22). The zero-order valence-corrected chi connectivity index (χ0v) is 13.7. The maximum atomic E-state index is 12.1. The third kappa shape index (κ3) is 2.59. The molecule has 1 amide bonds. The molecule has 3 N–H and O–H groups in total. The Balaban J connectivity index is 2.15. The van der Waals surface area contributed by atoms with Crippen molar-refractivity contribution >= 4 is 11.6 Å². The van der Waals surface area contributed by atoms with Crippen LogP contribution in [0, 0.1) is 0 Å². The number of aryl methyl sites for hydroxylation is 1. The van der Waals surface area contributed by atoms with E-state index in [9.17, 15) is 4.79 Å². The fourth-order valence-electron chi connectivity index (χ4n) is 3.15. The number of hydrogen-bond donors (Lipinski definition) is 2. The molecule has 1 aliphatic heterocycles. The van der Waals surface area contributed by atoms with Gasteiger partial charge in [0.05, 0.1) is 19.1 Å². The number of anilines is 1. The summed E-state index contributed by atoms with van der Waals surface area (Å²) >= 11 is 0. The topological polar surface area (TPSA) is 64.3 Å². The van der Waals surface area contributed by atoms with Gasteiger partial charge in [-0.05, 0) is 36.1 Å². The number of carbonyl (C=O) groups excluding carboxylic acids is 1. The van der Waals surface area contributed by atoms with Crippen LogP contribution < -0.4 is 15.8 Å². The minimum absolute atomic E-state index is 0.0294. The third-order valence-corrected chi connectivity index (χ3v) is 4.58. The van der Waals surface area contributed by atoms with E-state index in [0.29, 0.717) is 0 Å². The van der Waals surface area contributed by atoms with Gasteiger partial charge in [-0.25, -0.2) is 0 Å². The molecule has 0 aromatic heterocycles. The summed E-state index contributed by atoms with van der Waals surface area (Å²) in [6.07, 6.45) is 0.903. The zero-order chi connectivity index (χ0) is 16.6. The van der Waals surface area contributed by atoms with E-state index in [2.05, 4.69) is 24.4 Å². The first kappa shape index (κ1) is 15.6. The van der Waals surface area contributed by atoms with Crippen LogP contribution in [0.25, 0.3) is 0 Å². The van der Waals surface area contributed by atoms with Gasteiger partial charge in [-0.15, -0.1) is 0 Å². The van der Waals surface area contributed by atoms with Crippen molar-refractivity contribution in [1.29, 1.82) is 0 Å². The molecule has 0 saturated heterocycles. The van der Waals surface area contributed by atoms with Crippen molar-refractivity contribution in [3.8, 4) is 5.75 Å². The molecule has 23 heavy (non-hydrogen) atoms. The molecular formula is C19H22N2O2. The molecule has 1 heterocycles. The van der Waals surface area contributed by atoms with Crippen molar-refractivity contribution in [2.45, 2.75) is 32.2 Å². The fourth-order valence-corrected chi connectivity index (χ4v) is 3.15. The van der Waals surface area contributed by atoms with Gasteiger partial charge in [0.15, 0.2) is 0 Å². The van der Waals surface area contributed by atoms with Gasteiger partial charge in [-0.3, -0.25) is 4.79 Å². The number of hydrogen-bond acceptors (Lipinski definition) is 3. The molecule has 120 valence electrons. The van der Waals surface area contributed by atoms with E-state index in [1.165, 1.54) is 5.56 Å². The van der Waals surface area contributed by atoms with Crippen LogP contribution in [0.5, 0.6) is 5.75 Å². The van der Waals surface area contributed by atoms with Gasteiger partial charge in [0.2, 0.25) is 5.91 Å². The smallest absolute Gasteiger partial charge is 0.231 e. The van der Waals surface area contributed by atoms with E-state index in [4.69, 9.17) is 10.5 Å². The summed E-state index contributed by atoms with van der Waals surface area (Å²) in [5.41, 5.74) is 11.5. The predicted octanol–water partition coefficient (Wildman–Crippen LogP) is 3.36. The normalized spacial score (nSPS) is 17.6. The number of ether oxygens (including phenoxy) is 1. The molecule has 0 fully saturated rings. The molecule has 0 bridgehead atoms. The summed E-state index contributed by atoms with van der Waals surface area (Å²) in [7, 11) is 1.64. The number of methoxy groups -OCH3 is 1. The van der Waals surface area contributed by atoms with Gasteiger partial charge in [0, 0.05) is 11.3 Å². The lowest BCUT2D eigenvalue weighted by molar-refractivity contribution is -0.116. The van der Waals surface area contributed by atoms with Crippen molar-refractivity contribution in [2.75, 3.05) is 12.4 Å². The first-order valence-electron chi connectivity index (χ1n) is 7.92. The number of nitrogens with one attached hydrogen (secondary N) is 1. The van der Waals surface area contributed by atoms with Crippen LogP contribution in [0.2, 0.25) is 0 Å². The summed E-state index contributed by atoms with van der Waals surface area (Å²) in [5, 5.41) is 3.00. The molecule has 4 heteroatoms. The highest BCUT2D eigenvalue weighted by Gasteiger charge is 2.31. The lowest BCUT2D eigenvalue weighted by Gasteiger charge is -2.20. The van der Waals surface area contributed by atoms with Gasteiger partial charge in [-0.2, -0.15) is 0 Å². The van der Waals surface area contributed by atoms with E-state index >= 15 is 0 Å². The molecule has 4 nitrogen and oxygen atoms in total. The lowest BCUT2D eigenvalue weighted by atomic mass is 9.90. The Labute approximate surface area is 136 Å². The van der Waals surface area contributed by atoms with Crippen LogP contribution in [-0.2, 0) is 11.2 Å². The van der Waals surface area contributed by atoms with Crippen molar-refractivity contribution in [3.63, 3.8) is 0 Å². The molecule has 0 aliphatic carbocycles. The van der Waals surface area contributed by atoms with Crippen LogP contribution in [0.4, 0.5) is 5.69 Å². The average molecular weight is 310 g/mol. The highest BCUT2D eigenvalue weighted by molar-refractivity contribution is 6.03. The number of rotatable bonds is 4. The maximum absolute atomic E-state index is 12.1. The summed E-state index contributed by atoms with van der Waals surface area (Å²) in [4.78, 5) is 12.1. The Hall–Kier alpha value is -2.33. The number of carbonyl (C=O) groups is 1. The van der Waals surface area contributed by atoms with Crippen LogP contribution in [0.1, 0.15) is 48.1 Å². The minimum Gasteiger partial charge on any atom is -0.496 e. The van der Waals surface area contributed by atoms with Crippen molar-refractivity contribution in [1.82, 2.24) is 0 Å². The molecule has 0 spiro atoms. The summed E-state index contributed by atoms with van der Waals surface area (Å²) in [6.45, 7) is 4.04. The molecule has 0 saturated carbocycles. The second-order valence-electron chi connectivity index (χ2n) is 5.93. The second kappa shape index (κ2) is 6.05. The summed E-state index contributed by atoms with van der Waals surface area (Å²) in [5.74, 6) is 0.648. The molecule has 2 unspecified atom stereocenters. The quantitative estimate of drug-likeness (QED) is 0.910. The number of fused-ring (bicyclic) bond motifs is 1. The largest absolute Gasteiger partial charge is 0.496 e. The third-order valence-electron chi connectivity index (χ3n) is 4.58. The number of nitrogens with two attached hydrogens (primary N) is 1. The van der Waals surface area contributed by atoms with Crippen LogP contribution in [0.15, 0.2) is 36.4 Å². The SMILES string of the molecule is CCc1cc2c(c(C(N)c3ccccc3OC)c1)NC(=O)C2C. The van der Waals surface area contributed by atoms with E-state index in [0.717, 1.165) is 34.5 Å². The van der Waals surface area contributed by atoms with E-state index in [-0.39, 0.29) is 17.9 Å². The first-order valence-corrected chi connectivity index (χ1v) is 7.92. The van der Waals surface area contributed by atoms with Crippen molar-refractivity contribution in [3.05, 3.63) is 58.7 Å². The molecule has 0 radical (unpaired) electrons. The van der Waals surface area contributed by atoms with E-state index in [1.807, 2.05) is 31.2 Å². The van der Waals surface area contributed by atoms with Crippen molar-refractivity contribution in [2.24, 2.45) is 5.73 Å². The fraction of sp³-hybridized carbons (Fsp3) is 0.316. The van der Waals surface area contributed by atoms with Crippen molar-refractivity contribution < 1.29 is 9.53 Å². The number of para-hydroxylation sites is 1. The zero-order valence-electron chi connectivity index (χ0n) is 13.7. The van der Waals surface area contributed by atoms with E-state index < -0.39 is 0 Å². The number of benzene rings is 2. The molecule has 2 aromatic rings. The van der Waals surface area contributed by atoms with Gasteiger partial charge in [0.25, 0.3) is 0 Å². The van der Waals surface area contributed by atoms with Gasteiger partial charge in [-0.1, -0.05) is 37.3 Å². The molecule has 2 aromatic carbocycles. The lowest BCUT2D eigenvalue weighted by Crippen LogP contribution is -2.16. The van der Waals surface area contributed by atoms with Gasteiger partial charge in [0.1, 0.15) is 5.75 Å². The Morgan fingerprint density at radius 3 is 2.70 bits per heavy atom. The monoisotopic (exact) mass is 310 g/mol. The Morgan fingerprint density at radius 2 is 2.00 bits per heavy atom. The Morgan fingerprint density at radius 1 is 1.26 bits per heavy atom. The second-order valence-corrected chi connectivity index (χ2v) is 5.93.